The number of aromatic nitrogens is 2. The van der Waals surface area contributed by atoms with Gasteiger partial charge in [-0.05, 0) is 75.2 Å². The number of likely N-dealkylation sites (tertiary alicyclic amines) is 1. The molecular weight excluding hydrogens is 286 g/mol. The van der Waals surface area contributed by atoms with Crippen molar-refractivity contribution >= 4 is 5.91 Å². The Kier molecular flexibility index (Phi) is 3.11. The summed E-state index contributed by atoms with van der Waals surface area (Å²) in [5.41, 5.74) is 1.22. The Hall–Kier alpha value is -1.32. The fourth-order valence-electron chi connectivity index (χ4n) is 6.62. The van der Waals surface area contributed by atoms with Crippen molar-refractivity contribution in [3.63, 3.8) is 0 Å². The molecular formula is C19H27N3O. The monoisotopic (exact) mass is 313 g/mol. The summed E-state index contributed by atoms with van der Waals surface area (Å²) in [6, 6.07) is 2.07. The number of carbonyl (C=O) groups is 1. The van der Waals surface area contributed by atoms with Crippen molar-refractivity contribution in [3.8, 4) is 0 Å². The molecule has 0 spiro atoms. The Labute approximate surface area is 138 Å². The normalized spacial score (nSPS) is 42.2. The van der Waals surface area contributed by atoms with Crippen molar-refractivity contribution in [2.24, 2.45) is 23.2 Å². The lowest BCUT2D eigenvalue weighted by Crippen LogP contribution is -2.55. The van der Waals surface area contributed by atoms with Gasteiger partial charge in [-0.2, -0.15) is 5.10 Å². The lowest BCUT2D eigenvalue weighted by Gasteiger charge is -2.57. The molecule has 4 bridgehead atoms. The van der Waals surface area contributed by atoms with E-state index in [1.54, 1.807) is 0 Å². The number of hydrogen-bond acceptors (Lipinski definition) is 2. The highest BCUT2D eigenvalue weighted by atomic mass is 16.2. The van der Waals surface area contributed by atoms with E-state index in [-0.39, 0.29) is 5.41 Å². The molecule has 1 aliphatic heterocycles. The molecule has 23 heavy (non-hydrogen) atoms. The first-order chi connectivity index (χ1) is 11.2. The molecule has 1 unspecified atom stereocenters. The van der Waals surface area contributed by atoms with E-state index in [0.29, 0.717) is 11.8 Å². The molecule has 1 atom stereocenters. The van der Waals surface area contributed by atoms with Crippen LogP contribution in [-0.2, 0) is 4.79 Å². The summed E-state index contributed by atoms with van der Waals surface area (Å²) in [5, 5.41) is 7.21. The molecule has 1 aromatic rings. The third-order valence-electron chi connectivity index (χ3n) is 7.16. The van der Waals surface area contributed by atoms with E-state index in [9.17, 15) is 4.79 Å². The molecule has 4 nitrogen and oxygen atoms in total. The first-order valence-electron chi connectivity index (χ1n) is 9.50. The molecule has 4 aliphatic carbocycles. The number of carbonyl (C=O) groups excluding carboxylic acids is 1. The van der Waals surface area contributed by atoms with Crippen molar-refractivity contribution in [1.82, 2.24) is 15.1 Å². The summed E-state index contributed by atoms with van der Waals surface area (Å²) in [4.78, 5) is 15.7. The van der Waals surface area contributed by atoms with Crippen LogP contribution in [0.25, 0.3) is 0 Å². The molecule has 1 aromatic heterocycles. The molecule has 4 saturated carbocycles. The first-order valence-corrected chi connectivity index (χ1v) is 9.50. The molecule has 1 N–H and O–H groups in total. The van der Waals surface area contributed by atoms with Crippen molar-refractivity contribution in [3.05, 3.63) is 18.0 Å². The Balaban J connectivity index is 1.36. The van der Waals surface area contributed by atoms with Crippen molar-refractivity contribution in [2.75, 3.05) is 13.1 Å². The van der Waals surface area contributed by atoms with Gasteiger partial charge in [0.25, 0.3) is 0 Å². The van der Waals surface area contributed by atoms with Gasteiger partial charge < -0.3 is 4.90 Å². The number of H-pyrrole nitrogens is 1. The van der Waals surface area contributed by atoms with Crippen LogP contribution in [-0.4, -0.2) is 34.1 Å². The van der Waals surface area contributed by atoms with Crippen molar-refractivity contribution in [1.29, 1.82) is 0 Å². The number of rotatable bonds is 2. The van der Waals surface area contributed by atoms with Gasteiger partial charge in [0.1, 0.15) is 0 Å². The number of nitrogens with zero attached hydrogens (tertiary/aromatic N) is 2. The van der Waals surface area contributed by atoms with E-state index in [1.165, 1.54) is 50.6 Å². The summed E-state index contributed by atoms with van der Waals surface area (Å²) in [7, 11) is 0. The second kappa shape index (κ2) is 5.09. The zero-order valence-electron chi connectivity index (χ0n) is 13.8. The van der Waals surface area contributed by atoms with E-state index in [2.05, 4.69) is 21.2 Å². The predicted molar refractivity (Wildman–Crippen MR) is 87.7 cm³/mol. The van der Waals surface area contributed by atoms with Gasteiger partial charge in [0, 0.05) is 30.9 Å². The van der Waals surface area contributed by atoms with Crippen LogP contribution in [0.5, 0.6) is 0 Å². The summed E-state index contributed by atoms with van der Waals surface area (Å²) in [5.74, 6) is 3.49. The van der Waals surface area contributed by atoms with E-state index in [0.717, 1.165) is 37.3 Å². The number of piperidine rings is 1. The highest BCUT2D eigenvalue weighted by Gasteiger charge is 2.55. The average molecular weight is 313 g/mol. The van der Waals surface area contributed by atoms with Gasteiger partial charge >= 0.3 is 0 Å². The highest BCUT2D eigenvalue weighted by Crippen LogP contribution is 2.60. The standard InChI is InChI=1S/C19H27N3O/c23-18(19-9-13-6-14(10-19)8-15(7-13)11-19)22-5-1-2-16(12-22)17-3-4-20-21-17/h3-4,13-16H,1-2,5-12H2,(H,20,21). The van der Waals surface area contributed by atoms with Crippen LogP contribution in [0.4, 0.5) is 0 Å². The first kappa shape index (κ1) is 14.1. The molecule has 4 heteroatoms. The van der Waals surface area contributed by atoms with Gasteiger partial charge in [0.15, 0.2) is 0 Å². The number of hydrogen-bond donors (Lipinski definition) is 1. The second-order valence-corrected chi connectivity index (χ2v) is 8.80. The molecule has 1 saturated heterocycles. The smallest absolute Gasteiger partial charge is 0.228 e. The summed E-state index contributed by atoms with van der Waals surface area (Å²) < 4.78 is 0. The molecule has 5 fully saturated rings. The fourth-order valence-corrected chi connectivity index (χ4v) is 6.62. The van der Waals surface area contributed by atoms with E-state index < -0.39 is 0 Å². The van der Waals surface area contributed by atoms with Gasteiger partial charge in [0.05, 0.1) is 5.41 Å². The number of nitrogens with one attached hydrogen (secondary N) is 1. The molecule has 5 aliphatic rings. The Morgan fingerprint density at radius 1 is 1.17 bits per heavy atom. The second-order valence-electron chi connectivity index (χ2n) is 8.80. The highest BCUT2D eigenvalue weighted by molar-refractivity contribution is 5.83. The SMILES string of the molecule is O=C(N1CCCC(c2ccn[nH]2)C1)C12CC3CC(CC(C3)C1)C2. The topological polar surface area (TPSA) is 49.0 Å². The zero-order chi connectivity index (χ0) is 15.4. The van der Waals surface area contributed by atoms with Gasteiger partial charge in [-0.3, -0.25) is 9.89 Å². The predicted octanol–water partition coefficient (Wildman–Crippen LogP) is 3.33. The van der Waals surface area contributed by atoms with Crippen LogP contribution in [0.1, 0.15) is 63.0 Å². The number of aromatic amines is 1. The van der Waals surface area contributed by atoms with Crippen LogP contribution < -0.4 is 0 Å². The van der Waals surface area contributed by atoms with Crippen LogP contribution >= 0.6 is 0 Å². The molecule has 0 aromatic carbocycles. The van der Waals surface area contributed by atoms with E-state index in [4.69, 9.17) is 0 Å². The minimum atomic E-state index is 0.0185. The van der Waals surface area contributed by atoms with Gasteiger partial charge in [-0.1, -0.05) is 0 Å². The Morgan fingerprint density at radius 2 is 1.87 bits per heavy atom. The van der Waals surface area contributed by atoms with Crippen LogP contribution in [0.2, 0.25) is 0 Å². The molecule has 0 radical (unpaired) electrons. The summed E-state index contributed by atoms with van der Waals surface area (Å²) in [6.45, 7) is 1.86. The quantitative estimate of drug-likeness (QED) is 0.910. The molecule has 6 rings (SSSR count). The fraction of sp³-hybridized carbons (Fsp3) is 0.789. The van der Waals surface area contributed by atoms with Crippen LogP contribution in [0.15, 0.2) is 12.3 Å². The third kappa shape index (κ3) is 2.25. The summed E-state index contributed by atoms with van der Waals surface area (Å²) >= 11 is 0. The zero-order valence-corrected chi connectivity index (χ0v) is 13.8. The van der Waals surface area contributed by atoms with Crippen molar-refractivity contribution in [2.45, 2.75) is 57.3 Å². The van der Waals surface area contributed by atoms with Crippen LogP contribution in [0.3, 0.4) is 0 Å². The van der Waals surface area contributed by atoms with Gasteiger partial charge in [-0.25, -0.2) is 0 Å². The minimum Gasteiger partial charge on any atom is -0.342 e. The van der Waals surface area contributed by atoms with Gasteiger partial charge in [0.2, 0.25) is 5.91 Å². The maximum atomic E-state index is 13.5. The molecule has 2 heterocycles. The Morgan fingerprint density at radius 3 is 2.48 bits per heavy atom. The van der Waals surface area contributed by atoms with Crippen LogP contribution in [0, 0.1) is 23.2 Å². The third-order valence-corrected chi connectivity index (χ3v) is 7.16. The van der Waals surface area contributed by atoms with E-state index in [1.807, 2.05) is 6.20 Å². The average Bonchev–Trinajstić information content (AvgIpc) is 3.07. The summed E-state index contributed by atoms with van der Waals surface area (Å²) in [6.07, 6.45) is 11.9. The molecule has 124 valence electrons. The van der Waals surface area contributed by atoms with Crippen molar-refractivity contribution < 1.29 is 4.79 Å². The Bertz CT molecular complexity index is 558. The number of amides is 1. The van der Waals surface area contributed by atoms with Gasteiger partial charge in [-0.15, -0.1) is 0 Å². The largest absolute Gasteiger partial charge is 0.342 e. The molecule has 1 amide bonds. The maximum Gasteiger partial charge on any atom is 0.228 e. The minimum absolute atomic E-state index is 0.0185. The van der Waals surface area contributed by atoms with E-state index >= 15 is 0 Å². The lowest BCUT2D eigenvalue weighted by atomic mass is 9.49. The maximum absolute atomic E-state index is 13.5. The lowest BCUT2D eigenvalue weighted by molar-refractivity contribution is -0.158.